The van der Waals surface area contributed by atoms with Gasteiger partial charge in [-0.25, -0.2) is 4.39 Å². The van der Waals surface area contributed by atoms with Crippen LogP contribution in [0.15, 0.2) is 48.8 Å². The van der Waals surface area contributed by atoms with Crippen LogP contribution in [0.1, 0.15) is 24.0 Å². The lowest BCUT2D eigenvalue weighted by molar-refractivity contribution is -0.130. The number of benzene rings is 1. The topological polar surface area (TPSA) is 62.3 Å². The quantitative estimate of drug-likeness (QED) is 0.882. The third-order valence-electron chi connectivity index (χ3n) is 5.73. The lowest BCUT2D eigenvalue weighted by atomic mass is 10.0. The van der Waals surface area contributed by atoms with E-state index in [4.69, 9.17) is 0 Å². The Kier molecular flexibility index (Phi) is 4.64. The Balaban J connectivity index is 1.28. The minimum absolute atomic E-state index is 0.0111. The van der Waals surface area contributed by atoms with Crippen molar-refractivity contribution in [2.75, 3.05) is 13.1 Å². The number of likely N-dealkylation sites (tertiary alicyclic amines) is 1. The van der Waals surface area contributed by atoms with E-state index >= 15 is 0 Å². The van der Waals surface area contributed by atoms with Gasteiger partial charge in [0.15, 0.2) is 0 Å². The van der Waals surface area contributed by atoms with Crippen LogP contribution in [0.25, 0.3) is 0 Å². The highest BCUT2D eigenvalue weighted by atomic mass is 19.1. The lowest BCUT2D eigenvalue weighted by Crippen LogP contribution is -2.32. The molecule has 27 heavy (non-hydrogen) atoms. The molecule has 0 radical (unpaired) electrons. The average molecular weight is 367 g/mol. The first-order chi connectivity index (χ1) is 13.1. The fraction of sp³-hybridized carbons (Fsp3) is 0.381. The van der Waals surface area contributed by atoms with Gasteiger partial charge in [0.2, 0.25) is 11.8 Å². The zero-order chi connectivity index (χ0) is 18.9. The summed E-state index contributed by atoms with van der Waals surface area (Å²) in [6.45, 7) is 1.83. The number of nitrogens with one attached hydrogen (secondary N) is 1. The summed E-state index contributed by atoms with van der Waals surface area (Å²) in [7, 11) is 0. The summed E-state index contributed by atoms with van der Waals surface area (Å²) in [4.78, 5) is 30.8. The second-order valence-corrected chi connectivity index (χ2v) is 7.56. The summed E-state index contributed by atoms with van der Waals surface area (Å²) in [6, 6.07) is 9.80. The number of carbonyl (C=O) groups excluding carboxylic acids is 2. The van der Waals surface area contributed by atoms with Crippen molar-refractivity contribution >= 4 is 11.8 Å². The Morgan fingerprint density at radius 3 is 2.63 bits per heavy atom. The van der Waals surface area contributed by atoms with Gasteiger partial charge < -0.3 is 10.2 Å². The van der Waals surface area contributed by atoms with Gasteiger partial charge in [0, 0.05) is 43.4 Å². The number of nitrogens with zero attached hydrogens (tertiary/aromatic N) is 2. The molecule has 1 aliphatic carbocycles. The van der Waals surface area contributed by atoms with Crippen molar-refractivity contribution in [2.45, 2.75) is 25.8 Å². The van der Waals surface area contributed by atoms with Gasteiger partial charge in [0.05, 0.1) is 6.42 Å². The highest BCUT2D eigenvalue weighted by Crippen LogP contribution is 2.58. The Hall–Kier alpha value is -2.76. The van der Waals surface area contributed by atoms with Crippen LogP contribution in [0.2, 0.25) is 0 Å². The van der Waals surface area contributed by atoms with E-state index in [2.05, 4.69) is 10.3 Å². The largest absolute Gasteiger partial charge is 0.352 e. The van der Waals surface area contributed by atoms with E-state index in [1.807, 2.05) is 17.0 Å². The molecule has 2 unspecified atom stereocenters. The summed E-state index contributed by atoms with van der Waals surface area (Å²) in [5.74, 6) is -0.200. The number of amides is 2. The first-order valence-corrected chi connectivity index (χ1v) is 9.25. The second-order valence-electron chi connectivity index (χ2n) is 7.56. The van der Waals surface area contributed by atoms with Crippen LogP contribution in [0.5, 0.6) is 0 Å². The molecular formula is C21H22FN3O2. The molecule has 6 heteroatoms. The number of pyridine rings is 1. The Morgan fingerprint density at radius 2 is 1.89 bits per heavy atom. The highest BCUT2D eigenvalue weighted by Gasteiger charge is 2.61. The molecule has 0 bridgehead atoms. The van der Waals surface area contributed by atoms with Crippen molar-refractivity contribution in [1.29, 1.82) is 0 Å². The van der Waals surface area contributed by atoms with Crippen molar-refractivity contribution in [3.63, 3.8) is 0 Å². The summed E-state index contributed by atoms with van der Waals surface area (Å²) >= 11 is 0. The minimum Gasteiger partial charge on any atom is -0.352 e. The fourth-order valence-electron chi connectivity index (χ4n) is 3.98. The molecule has 2 fully saturated rings. The zero-order valence-electron chi connectivity index (χ0n) is 15.0. The first-order valence-electron chi connectivity index (χ1n) is 9.25. The molecule has 1 aromatic carbocycles. The molecule has 1 aliphatic heterocycles. The van der Waals surface area contributed by atoms with Crippen molar-refractivity contribution in [2.24, 2.45) is 11.3 Å². The lowest BCUT2D eigenvalue weighted by Gasteiger charge is -2.17. The van der Waals surface area contributed by atoms with Gasteiger partial charge in [0.25, 0.3) is 0 Å². The van der Waals surface area contributed by atoms with Crippen molar-refractivity contribution in [3.05, 3.63) is 65.7 Å². The maximum absolute atomic E-state index is 13.0. The standard InChI is InChI=1S/C21H22FN3O2/c22-17-3-1-15(2-4-17)11-19(26)25-10-7-21(14-25)12-18(21)20(27)24-13-16-5-8-23-9-6-16/h1-6,8-9,18H,7,10-14H2,(H,24,27). The van der Waals surface area contributed by atoms with E-state index in [1.165, 1.54) is 12.1 Å². The van der Waals surface area contributed by atoms with E-state index < -0.39 is 0 Å². The Bertz CT molecular complexity index is 840. The molecule has 2 atom stereocenters. The molecule has 2 aromatic rings. The number of halogens is 1. The molecular weight excluding hydrogens is 345 g/mol. The number of carbonyl (C=O) groups is 2. The molecule has 1 saturated heterocycles. The SMILES string of the molecule is O=C(NCc1ccncc1)C1CC12CCN(C(=O)Cc1ccc(F)cc1)C2. The number of hydrogen-bond donors (Lipinski definition) is 1. The van der Waals surface area contributed by atoms with Gasteiger partial charge in [-0.2, -0.15) is 0 Å². The van der Waals surface area contributed by atoms with E-state index in [-0.39, 0.29) is 35.4 Å². The number of rotatable bonds is 5. The molecule has 140 valence electrons. The molecule has 1 spiro atoms. The fourth-order valence-corrected chi connectivity index (χ4v) is 3.98. The van der Waals surface area contributed by atoms with E-state index in [1.54, 1.807) is 24.5 Å². The molecule has 4 rings (SSSR count). The zero-order valence-corrected chi connectivity index (χ0v) is 15.0. The van der Waals surface area contributed by atoms with Crippen molar-refractivity contribution < 1.29 is 14.0 Å². The summed E-state index contributed by atoms with van der Waals surface area (Å²) < 4.78 is 13.0. The van der Waals surface area contributed by atoms with Gasteiger partial charge in [-0.15, -0.1) is 0 Å². The molecule has 1 saturated carbocycles. The van der Waals surface area contributed by atoms with Crippen LogP contribution in [0.3, 0.4) is 0 Å². The third-order valence-corrected chi connectivity index (χ3v) is 5.73. The first kappa shape index (κ1) is 17.6. The van der Waals surface area contributed by atoms with Gasteiger partial charge in [-0.1, -0.05) is 12.1 Å². The molecule has 1 aromatic heterocycles. The highest BCUT2D eigenvalue weighted by molar-refractivity contribution is 5.84. The predicted molar refractivity (Wildman–Crippen MR) is 97.9 cm³/mol. The predicted octanol–water partition coefficient (Wildman–Crippen LogP) is 2.32. The summed E-state index contributed by atoms with van der Waals surface area (Å²) in [5, 5.41) is 3.00. The monoisotopic (exact) mass is 367 g/mol. The normalized spacial score (nSPS) is 23.4. The Morgan fingerprint density at radius 1 is 1.15 bits per heavy atom. The average Bonchev–Trinajstić information content (AvgIpc) is 3.22. The van der Waals surface area contributed by atoms with Crippen LogP contribution in [-0.2, 0) is 22.6 Å². The van der Waals surface area contributed by atoms with Gasteiger partial charge >= 0.3 is 0 Å². The maximum atomic E-state index is 13.0. The summed E-state index contributed by atoms with van der Waals surface area (Å²) in [6.07, 6.45) is 5.41. The van der Waals surface area contributed by atoms with E-state index in [0.717, 1.165) is 24.0 Å². The molecule has 2 heterocycles. The molecule has 2 aliphatic rings. The van der Waals surface area contributed by atoms with Crippen LogP contribution >= 0.6 is 0 Å². The maximum Gasteiger partial charge on any atom is 0.227 e. The summed E-state index contributed by atoms with van der Waals surface area (Å²) in [5.41, 5.74) is 1.78. The van der Waals surface area contributed by atoms with Crippen molar-refractivity contribution in [3.8, 4) is 0 Å². The van der Waals surface area contributed by atoms with Crippen LogP contribution in [0, 0.1) is 17.2 Å². The third kappa shape index (κ3) is 3.84. The van der Waals surface area contributed by atoms with Crippen LogP contribution in [0.4, 0.5) is 4.39 Å². The van der Waals surface area contributed by atoms with E-state index in [0.29, 0.717) is 19.6 Å². The van der Waals surface area contributed by atoms with Crippen LogP contribution < -0.4 is 5.32 Å². The van der Waals surface area contributed by atoms with E-state index in [9.17, 15) is 14.0 Å². The van der Waals surface area contributed by atoms with Gasteiger partial charge in [-0.3, -0.25) is 14.6 Å². The minimum atomic E-state index is -0.301. The van der Waals surface area contributed by atoms with Gasteiger partial charge in [-0.05, 0) is 48.2 Å². The number of aromatic nitrogens is 1. The molecule has 2 amide bonds. The Labute approximate surface area is 157 Å². The smallest absolute Gasteiger partial charge is 0.227 e. The molecule has 1 N–H and O–H groups in total. The van der Waals surface area contributed by atoms with Crippen LogP contribution in [-0.4, -0.2) is 34.8 Å². The number of hydrogen-bond acceptors (Lipinski definition) is 3. The second kappa shape index (κ2) is 7.10. The molecule has 5 nitrogen and oxygen atoms in total. The van der Waals surface area contributed by atoms with Crippen molar-refractivity contribution in [1.82, 2.24) is 15.2 Å². The van der Waals surface area contributed by atoms with Gasteiger partial charge in [0.1, 0.15) is 5.82 Å².